The zero-order chi connectivity index (χ0) is 16.0. The minimum atomic E-state index is -0.501. The standard InChI is InChI=1S/C16H14FN5O/c1-10-16-13(7-15(17)20-10)12-3-2-11(23)6-14(12)22(16)5-4-21-9-18-8-19-21/h2-3,6-9,23H,4-5H2,1H3. The molecule has 0 fully saturated rings. The average molecular weight is 311 g/mol. The van der Waals surface area contributed by atoms with Crippen LogP contribution in [0.4, 0.5) is 4.39 Å². The fourth-order valence-electron chi connectivity index (χ4n) is 3.05. The molecule has 0 spiro atoms. The molecule has 0 bridgehead atoms. The Hall–Kier alpha value is -2.96. The molecule has 1 aromatic carbocycles. The van der Waals surface area contributed by atoms with Gasteiger partial charge in [-0.05, 0) is 19.1 Å². The quantitative estimate of drug-likeness (QED) is 0.591. The van der Waals surface area contributed by atoms with Gasteiger partial charge in [-0.3, -0.25) is 4.68 Å². The van der Waals surface area contributed by atoms with E-state index in [1.165, 1.54) is 12.4 Å². The van der Waals surface area contributed by atoms with Crippen LogP contribution in [0.2, 0.25) is 0 Å². The van der Waals surface area contributed by atoms with Crippen LogP contribution in [0.5, 0.6) is 5.75 Å². The van der Waals surface area contributed by atoms with E-state index >= 15 is 0 Å². The minimum absolute atomic E-state index is 0.174. The second-order valence-electron chi connectivity index (χ2n) is 5.44. The number of aryl methyl sites for hydroxylation is 3. The maximum Gasteiger partial charge on any atom is 0.213 e. The molecule has 1 N–H and O–H groups in total. The lowest BCUT2D eigenvalue weighted by Crippen LogP contribution is -2.08. The molecule has 0 atom stereocenters. The number of nitrogens with zero attached hydrogens (tertiary/aromatic N) is 5. The first-order valence-corrected chi connectivity index (χ1v) is 7.24. The summed E-state index contributed by atoms with van der Waals surface area (Å²) in [4.78, 5) is 7.87. The Labute approximate surface area is 130 Å². The van der Waals surface area contributed by atoms with E-state index in [-0.39, 0.29) is 5.75 Å². The summed E-state index contributed by atoms with van der Waals surface area (Å²) >= 11 is 0. The van der Waals surface area contributed by atoms with Gasteiger partial charge in [-0.1, -0.05) is 0 Å². The average Bonchev–Trinajstić information content (AvgIpc) is 3.11. The molecule has 0 saturated carbocycles. The van der Waals surface area contributed by atoms with Gasteiger partial charge in [-0.15, -0.1) is 0 Å². The Morgan fingerprint density at radius 3 is 2.83 bits per heavy atom. The molecule has 3 heterocycles. The van der Waals surface area contributed by atoms with E-state index in [0.717, 1.165) is 21.8 Å². The molecule has 0 unspecified atom stereocenters. The van der Waals surface area contributed by atoms with Crippen molar-refractivity contribution in [3.63, 3.8) is 0 Å². The predicted molar refractivity (Wildman–Crippen MR) is 83.6 cm³/mol. The van der Waals surface area contributed by atoms with Crippen molar-refractivity contribution in [3.05, 3.63) is 48.6 Å². The summed E-state index contributed by atoms with van der Waals surface area (Å²) in [5, 5.41) is 15.6. The summed E-state index contributed by atoms with van der Waals surface area (Å²) in [6.45, 7) is 3.02. The zero-order valence-corrected chi connectivity index (χ0v) is 12.4. The molecule has 0 aliphatic heterocycles. The van der Waals surface area contributed by atoms with Crippen molar-refractivity contribution in [2.24, 2.45) is 0 Å². The number of fused-ring (bicyclic) bond motifs is 3. The maximum atomic E-state index is 13.7. The highest BCUT2D eigenvalue weighted by molar-refractivity contribution is 6.09. The number of hydrogen-bond donors (Lipinski definition) is 1. The predicted octanol–water partition coefficient (Wildman–Crippen LogP) is 2.63. The number of aromatic nitrogens is 5. The zero-order valence-electron chi connectivity index (χ0n) is 12.4. The van der Waals surface area contributed by atoms with E-state index in [4.69, 9.17) is 0 Å². The first-order valence-electron chi connectivity index (χ1n) is 7.24. The van der Waals surface area contributed by atoms with Gasteiger partial charge in [-0.25, -0.2) is 9.97 Å². The lowest BCUT2D eigenvalue weighted by molar-refractivity contribution is 0.475. The number of halogens is 1. The molecule has 23 heavy (non-hydrogen) atoms. The molecule has 0 amide bonds. The molecule has 4 aromatic rings. The van der Waals surface area contributed by atoms with E-state index in [1.807, 2.05) is 4.57 Å². The summed E-state index contributed by atoms with van der Waals surface area (Å²) in [7, 11) is 0. The number of pyridine rings is 1. The van der Waals surface area contributed by atoms with Crippen molar-refractivity contribution in [3.8, 4) is 5.75 Å². The van der Waals surface area contributed by atoms with Crippen molar-refractivity contribution in [1.82, 2.24) is 24.3 Å². The van der Waals surface area contributed by atoms with Crippen molar-refractivity contribution in [2.75, 3.05) is 0 Å². The highest BCUT2D eigenvalue weighted by Crippen LogP contribution is 2.32. The lowest BCUT2D eigenvalue weighted by Gasteiger charge is -2.09. The molecule has 0 radical (unpaired) electrons. The SMILES string of the molecule is Cc1nc(F)cc2c3ccc(O)cc3n(CCn3cncn3)c12. The number of aromatic hydroxyl groups is 1. The summed E-state index contributed by atoms with van der Waals surface area (Å²) in [5.74, 6) is -0.327. The fourth-order valence-corrected chi connectivity index (χ4v) is 3.05. The molecule has 116 valence electrons. The van der Waals surface area contributed by atoms with Crippen molar-refractivity contribution >= 4 is 21.8 Å². The Bertz CT molecular complexity index is 1010. The van der Waals surface area contributed by atoms with Gasteiger partial charge < -0.3 is 9.67 Å². The molecule has 0 aliphatic carbocycles. The summed E-state index contributed by atoms with van der Waals surface area (Å²) in [6.07, 6.45) is 3.13. The molecular weight excluding hydrogens is 297 g/mol. The first-order chi connectivity index (χ1) is 11.1. The van der Waals surface area contributed by atoms with E-state index < -0.39 is 5.95 Å². The third kappa shape index (κ3) is 2.21. The number of rotatable bonds is 3. The van der Waals surface area contributed by atoms with E-state index in [0.29, 0.717) is 18.8 Å². The number of phenolic OH excluding ortho intramolecular Hbond substituents is 1. The van der Waals surface area contributed by atoms with Gasteiger partial charge in [-0.2, -0.15) is 9.49 Å². The molecule has 0 aliphatic rings. The number of hydrogen-bond acceptors (Lipinski definition) is 4. The first kappa shape index (κ1) is 13.7. The van der Waals surface area contributed by atoms with Gasteiger partial charge in [0.15, 0.2) is 0 Å². The second kappa shape index (κ2) is 5.05. The summed E-state index contributed by atoms with van der Waals surface area (Å²) < 4.78 is 17.5. The topological polar surface area (TPSA) is 68.8 Å². The smallest absolute Gasteiger partial charge is 0.213 e. The molecule has 7 heteroatoms. The Morgan fingerprint density at radius 2 is 2.04 bits per heavy atom. The van der Waals surface area contributed by atoms with Crippen LogP contribution in [0.25, 0.3) is 21.8 Å². The number of phenols is 1. The maximum absolute atomic E-state index is 13.7. The third-order valence-electron chi connectivity index (χ3n) is 3.99. The number of benzene rings is 1. The van der Waals surface area contributed by atoms with Crippen molar-refractivity contribution in [1.29, 1.82) is 0 Å². The molecule has 6 nitrogen and oxygen atoms in total. The Morgan fingerprint density at radius 1 is 1.17 bits per heavy atom. The van der Waals surface area contributed by atoms with Crippen LogP contribution in [-0.4, -0.2) is 29.4 Å². The molecular formula is C16H14FN5O. The minimum Gasteiger partial charge on any atom is -0.508 e. The van der Waals surface area contributed by atoms with Crippen LogP contribution in [-0.2, 0) is 13.1 Å². The fraction of sp³-hybridized carbons (Fsp3) is 0.188. The molecule has 0 saturated heterocycles. The van der Waals surface area contributed by atoms with Crippen LogP contribution >= 0.6 is 0 Å². The monoisotopic (exact) mass is 311 g/mol. The van der Waals surface area contributed by atoms with E-state index in [9.17, 15) is 9.50 Å². The lowest BCUT2D eigenvalue weighted by atomic mass is 10.1. The van der Waals surface area contributed by atoms with Crippen LogP contribution < -0.4 is 0 Å². The molecule has 3 aromatic heterocycles. The van der Waals surface area contributed by atoms with Crippen LogP contribution in [0.3, 0.4) is 0 Å². The van der Waals surface area contributed by atoms with Crippen LogP contribution in [0.15, 0.2) is 36.9 Å². The van der Waals surface area contributed by atoms with Gasteiger partial charge in [0.2, 0.25) is 5.95 Å². The van der Waals surface area contributed by atoms with Crippen LogP contribution in [0.1, 0.15) is 5.69 Å². The van der Waals surface area contributed by atoms with E-state index in [2.05, 4.69) is 15.1 Å². The van der Waals surface area contributed by atoms with Gasteiger partial charge in [0.05, 0.1) is 23.3 Å². The van der Waals surface area contributed by atoms with Crippen molar-refractivity contribution < 1.29 is 9.50 Å². The van der Waals surface area contributed by atoms with Crippen molar-refractivity contribution in [2.45, 2.75) is 20.0 Å². The second-order valence-corrected chi connectivity index (χ2v) is 5.44. The van der Waals surface area contributed by atoms with E-state index in [1.54, 1.807) is 36.1 Å². The highest BCUT2D eigenvalue weighted by atomic mass is 19.1. The van der Waals surface area contributed by atoms with Gasteiger partial charge in [0.1, 0.15) is 18.4 Å². The molecule has 4 rings (SSSR count). The summed E-state index contributed by atoms with van der Waals surface area (Å²) in [6, 6.07) is 6.54. The van der Waals surface area contributed by atoms with Gasteiger partial charge >= 0.3 is 0 Å². The van der Waals surface area contributed by atoms with Gasteiger partial charge in [0, 0.05) is 29.4 Å². The van der Waals surface area contributed by atoms with Crippen LogP contribution in [0, 0.1) is 12.9 Å². The summed E-state index contributed by atoms with van der Waals surface area (Å²) in [5.41, 5.74) is 2.33. The van der Waals surface area contributed by atoms with Gasteiger partial charge in [0.25, 0.3) is 0 Å². The third-order valence-corrected chi connectivity index (χ3v) is 3.99. The highest BCUT2D eigenvalue weighted by Gasteiger charge is 2.15. The Kier molecular flexibility index (Phi) is 3.00. The Balaban J connectivity index is 1.96. The normalized spacial score (nSPS) is 11.6. The largest absolute Gasteiger partial charge is 0.508 e.